The third kappa shape index (κ3) is 5.23. The molecule has 0 aliphatic rings. The Morgan fingerprint density at radius 3 is 2.24 bits per heavy atom. The fourth-order valence-electron chi connectivity index (χ4n) is 3.12. The second kappa shape index (κ2) is 9.45. The van der Waals surface area contributed by atoms with Crippen molar-refractivity contribution in [2.75, 3.05) is 16.7 Å². The number of rotatable bonds is 7. The van der Waals surface area contributed by atoms with Crippen molar-refractivity contribution in [3.63, 3.8) is 0 Å². The minimum absolute atomic E-state index is 0.0824. The first kappa shape index (κ1) is 24.0. The van der Waals surface area contributed by atoms with Gasteiger partial charge in [-0.3, -0.25) is 13.8 Å². The quantitative estimate of drug-likeness (QED) is 0.530. The highest BCUT2D eigenvalue weighted by Crippen LogP contribution is 2.26. The van der Waals surface area contributed by atoms with Crippen LogP contribution in [0.4, 0.5) is 11.5 Å². The molecular weight excluding hydrogens is 444 g/mol. The Morgan fingerprint density at radius 1 is 1.06 bits per heavy atom. The van der Waals surface area contributed by atoms with Crippen LogP contribution in [0.5, 0.6) is 0 Å². The van der Waals surface area contributed by atoms with Gasteiger partial charge in [-0.15, -0.1) is 0 Å². The molecule has 1 heterocycles. The van der Waals surface area contributed by atoms with Gasteiger partial charge in [-0.05, 0) is 57.2 Å². The molecule has 0 aliphatic heterocycles. The lowest BCUT2D eigenvalue weighted by atomic mass is 10.2. The van der Waals surface area contributed by atoms with Gasteiger partial charge in [0, 0.05) is 19.8 Å². The van der Waals surface area contributed by atoms with E-state index in [1.165, 1.54) is 30.1 Å². The number of nitrogens with one attached hydrogen (secondary N) is 1. The molecule has 9 nitrogen and oxygen atoms in total. The minimum Gasteiger partial charge on any atom is -0.459 e. The zero-order valence-corrected chi connectivity index (χ0v) is 19.9. The van der Waals surface area contributed by atoms with Crippen molar-refractivity contribution in [1.82, 2.24) is 9.78 Å². The monoisotopic (exact) mass is 470 g/mol. The number of carbonyl (C=O) groups excluding carboxylic acids is 2. The molecule has 0 saturated carbocycles. The summed E-state index contributed by atoms with van der Waals surface area (Å²) >= 11 is 0. The number of sulfonamides is 1. The van der Waals surface area contributed by atoms with E-state index in [9.17, 15) is 18.0 Å². The minimum atomic E-state index is -3.91. The average Bonchev–Trinajstić information content (AvgIpc) is 3.14. The molecule has 1 aromatic heterocycles. The summed E-state index contributed by atoms with van der Waals surface area (Å²) in [4.78, 5) is 25.0. The normalized spacial score (nSPS) is 11.3. The van der Waals surface area contributed by atoms with Crippen LogP contribution in [0.3, 0.4) is 0 Å². The Labute approximate surface area is 193 Å². The zero-order valence-electron chi connectivity index (χ0n) is 19.1. The van der Waals surface area contributed by atoms with Crippen molar-refractivity contribution >= 4 is 33.4 Å². The van der Waals surface area contributed by atoms with E-state index in [-0.39, 0.29) is 22.4 Å². The predicted octanol–water partition coefficient (Wildman–Crippen LogP) is 3.37. The Bertz CT molecular complexity index is 1260. The van der Waals surface area contributed by atoms with Gasteiger partial charge in [0.15, 0.2) is 5.82 Å². The van der Waals surface area contributed by atoms with Gasteiger partial charge in [0.05, 0.1) is 22.8 Å². The fourth-order valence-corrected chi connectivity index (χ4v) is 4.36. The number of benzene rings is 2. The topological polar surface area (TPSA) is 111 Å². The number of esters is 1. The molecule has 33 heavy (non-hydrogen) atoms. The van der Waals surface area contributed by atoms with Gasteiger partial charge < -0.3 is 10.1 Å². The fraction of sp³-hybridized carbons (Fsp3) is 0.261. The van der Waals surface area contributed by atoms with Gasteiger partial charge in [0.2, 0.25) is 0 Å². The summed E-state index contributed by atoms with van der Waals surface area (Å²) < 4.78 is 33.7. The SMILES string of the molecule is Cc1ccc(S(=O)(=O)N(C)c2c(C(=O)Nc3ccc(C(=O)OC(C)C)cc3)cnn2C)cc1. The highest BCUT2D eigenvalue weighted by molar-refractivity contribution is 7.92. The van der Waals surface area contributed by atoms with E-state index >= 15 is 0 Å². The predicted molar refractivity (Wildman–Crippen MR) is 125 cm³/mol. The molecule has 0 bridgehead atoms. The zero-order chi connectivity index (χ0) is 24.3. The molecule has 0 saturated heterocycles. The van der Waals surface area contributed by atoms with E-state index in [1.54, 1.807) is 57.3 Å². The first-order chi connectivity index (χ1) is 15.5. The molecule has 0 fully saturated rings. The molecule has 174 valence electrons. The first-order valence-electron chi connectivity index (χ1n) is 10.2. The number of hydrogen-bond acceptors (Lipinski definition) is 6. The number of carbonyl (C=O) groups is 2. The van der Waals surface area contributed by atoms with Crippen LogP contribution in [0, 0.1) is 6.92 Å². The Morgan fingerprint density at radius 2 is 1.67 bits per heavy atom. The highest BCUT2D eigenvalue weighted by atomic mass is 32.2. The maximum Gasteiger partial charge on any atom is 0.338 e. The van der Waals surface area contributed by atoms with Crippen LogP contribution >= 0.6 is 0 Å². The number of ether oxygens (including phenoxy) is 1. The average molecular weight is 471 g/mol. The lowest BCUT2D eigenvalue weighted by Crippen LogP contribution is -2.30. The Hall–Kier alpha value is -3.66. The van der Waals surface area contributed by atoms with E-state index in [1.807, 2.05) is 6.92 Å². The lowest BCUT2D eigenvalue weighted by molar-refractivity contribution is 0.0378. The number of anilines is 2. The summed E-state index contributed by atoms with van der Waals surface area (Å²) in [5.41, 5.74) is 1.80. The summed E-state index contributed by atoms with van der Waals surface area (Å²) in [6.07, 6.45) is 1.06. The molecule has 0 aliphatic carbocycles. The standard InChI is InChI=1S/C23H26N4O5S/c1-15(2)32-23(29)17-8-10-18(11-9-17)25-21(28)20-14-24-26(4)22(20)27(5)33(30,31)19-12-6-16(3)7-13-19/h6-15H,1-5H3,(H,25,28). The number of hydrogen-bond donors (Lipinski definition) is 1. The third-order valence-electron chi connectivity index (χ3n) is 4.85. The van der Waals surface area contributed by atoms with E-state index < -0.39 is 21.9 Å². The molecule has 1 N–H and O–H groups in total. The van der Waals surface area contributed by atoms with Crippen molar-refractivity contribution < 1.29 is 22.7 Å². The van der Waals surface area contributed by atoms with Gasteiger partial charge in [-0.1, -0.05) is 17.7 Å². The van der Waals surface area contributed by atoms with E-state index in [2.05, 4.69) is 10.4 Å². The van der Waals surface area contributed by atoms with Crippen LogP contribution < -0.4 is 9.62 Å². The summed E-state index contributed by atoms with van der Waals surface area (Å²) in [6.45, 7) is 5.38. The van der Waals surface area contributed by atoms with Crippen molar-refractivity contribution in [3.05, 3.63) is 71.4 Å². The van der Waals surface area contributed by atoms with Crippen LogP contribution in [-0.2, 0) is 21.8 Å². The molecule has 0 radical (unpaired) electrons. The van der Waals surface area contributed by atoms with Crippen LogP contribution in [0.25, 0.3) is 0 Å². The van der Waals surface area contributed by atoms with Crippen molar-refractivity contribution in [2.45, 2.75) is 31.8 Å². The molecule has 0 atom stereocenters. The van der Waals surface area contributed by atoms with E-state index in [0.717, 1.165) is 9.87 Å². The van der Waals surface area contributed by atoms with Gasteiger partial charge >= 0.3 is 5.97 Å². The number of aromatic nitrogens is 2. The molecule has 0 unspecified atom stereocenters. The second-order valence-corrected chi connectivity index (χ2v) is 9.75. The van der Waals surface area contributed by atoms with Crippen molar-refractivity contribution in [1.29, 1.82) is 0 Å². The molecular formula is C23H26N4O5S. The van der Waals surface area contributed by atoms with Gasteiger partial charge in [0.25, 0.3) is 15.9 Å². The van der Waals surface area contributed by atoms with Crippen molar-refractivity contribution in [2.24, 2.45) is 7.05 Å². The maximum atomic E-state index is 13.1. The second-order valence-electron chi connectivity index (χ2n) is 7.78. The summed E-state index contributed by atoms with van der Waals surface area (Å²) in [5, 5.41) is 6.78. The van der Waals surface area contributed by atoms with Crippen LogP contribution in [0.2, 0.25) is 0 Å². The molecule has 2 aromatic carbocycles. The van der Waals surface area contributed by atoms with Gasteiger partial charge in [0.1, 0.15) is 5.56 Å². The van der Waals surface area contributed by atoms with Crippen LogP contribution in [0.15, 0.2) is 59.6 Å². The summed E-state index contributed by atoms with van der Waals surface area (Å²) in [7, 11) is -0.983. The Kier molecular flexibility index (Phi) is 6.87. The summed E-state index contributed by atoms with van der Waals surface area (Å²) in [5.74, 6) is -0.882. The maximum absolute atomic E-state index is 13.1. The number of amides is 1. The van der Waals surface area contributed by atoms with Gasteiger partial charge in [-0.25, -0.2) is 13.2 Å². The van der Waals surface area contributed by atoms with E-state index in [4.69, 9.17) is 4.74 Å². The largest absolute Gasteiger partial charge is 0.459 e. The summed E-state index contributed by atoms with van der Waals surface area (Å²) in [6, 6.07) is 12.7. The third-order valence-corrected chi connectivity index (χ3v) is 6.61. The number of aryl methyl sites for hydroxylation is 2. The molecule has 0 spiro atoms. The smallest absolute Gasteiger partial charge is 0.338 e. The molecule has 3 rings (SSSR count). The van der Waals surface area contributed by atoms with E-state index in [0.29, 0.717) is 11.3 Å². The van der Waals surface area contributed by atoms with Crippen LogP contribution in [0.1, 0.15) is 40.1 Å². The number of nitrogens with zero attached hydrogens (tertiary/aromatic N) is 3. The highest BCUT2D eigenvalue weighted by Gasteiger charge is 2.28. The van der Waals surface area contributed by atoms with Gasteiger partial charge in [-0.2, -0.15) is 5.10 Å². The molecule has 1 amide bonds. The van der Waals surface area contributed by atoms with Crippen molar-refractivity contribution in [3.8, 4) is 0 Å². The Balaban J connectivity index is 1.83. The molecule has 3 aromatic rings. The molecule has 10 heteroatoms. The van der Waals surface area contributed by atoms with Crippen LogP contribution in [-0.4, -0.2) is 43.2 Å². The lowest BCUT2D eigenvalue weighted by Gasteiger charge is -2.21. The first-order valence-corrected chi connectivity index (χ1v) is 11.6.